The topological polar surface area (TPSA) is 17.1 Å². The molecule has 4 heteroatoms. The van der Waals surface area contributed by atoms with Crippen molar-refractivity contribution in [1.29, 1.82) is 0 Å². The third-order valence-electron chi connectivity index (χ3n) is 2.53. The number of hydrogen-bond donors (Lipinski definition) is 0. The molecule has 0 N–H and O–H groups in total. The van der Waals surface area contributed by atoms with E-state index >= 15 is 0 Å². The number of hydrogen-bond acceptors (Lipinski definition) is 1. The highest BCUT2D eigenvalue weighted by Crippen LogP contribution is 2.22. The summed E-state index contributed by atoms with van der Waals surface area (Å²) in [6.45, 7) is -1.83. The first-order chi connectivity index (χ1) is 7.66. The number of alkyl halides is 3. The van der Waals surface area contributed by atoms with Gasteiger partial charge in [0, 0.05) is 0 Å². The highest BCUT2D eigenvalue weighted by Gasteiger charge is 2.37. The van der Waals surface area contributed by atoms with E-state index in [0.29, 0.717) is 6.42 Å². The molecule has 0 aliphatic heterocycles. The number of ketones is 1. The lowest BCUT2D eigenvalue weighted by Gasteiger charge is -2.20. The van der Waals surface area contributed by atoms with E-state index < -0.39 is 31.2 Å². The smallest absolute Gasteiger partial charge is 0.169 e. The van der Waals surface area contributed by atoms with E-state index in [1.54, 1.807) is 6.08 Å². The van der Waals surface area contributed by atoms with Crippen LogP contribution in [0, 0.1) is 5.41 Å². The SMILES string of the molecule is CCCCCC=CC(=O)C(CF)(CF)CF. The Hall–Kier alpha value is -0.800. The molecule has 0 aliphatic carbocycles. The molecule has 0 heterocycles. The molecular formula is C12H19F3O. The zero-order chi connectivity index (χ0) is 12.4. The van der Waals surface area contributed by atoms with E-state index in [4.69, 9.17) is 0 Å². The predicted octanol–water partition coefficient (Wildman–Crippen LogP) is 3.59. The molecule has 0 amide bonds. The van der Waals surface area contributed by atoms with Crippen molar-refractivity contribution in [3.63, 3.8) is 0 Å². The van der Waals surface area contributed by atoms with Gasteiger partial charge in [-0.05, 0) is 18.9 Å². The summed E-state index contributed by atoms with van der Waals surface area (Å²) in [5.74, 6) is -0.795. The number of carbonyl (C=O) groups excluding carboxylic acids is 1. The summed E-state index contributed by atoms with van der Waals surface area (Å²) in [6.07, 6.45) is 6.38. The van der Waals surface area contributed by atoms with Crippen LogP contribution in [0.3, 0.4) is 0 Å². The van der Waals surface area contributed by atoms with E-state index in [9.17, 15) is 18.0 Å². The molecule has 0 unspecified atom stereocenters. The fraction of sp³-hybridized carbons (Fsp3) is 0.750. The maximum atomic E-state index is 12.5. The van der Waals surface area contributed by atoms with Gasteiger partial charge in [-0.2, -0.15) is 0 Å². The largest absolute Gasteiger partial charge is 0.294 e. The number of allylic oxidation sites excluding steroid dienone is 2. The van der Waals surface area contributed by atoms with Gasteiger partial charge < -0.3 is 0 Å². The Kier molecular flexibility index (Phi) is 7.95. The van der Waals surface area contributed by atoms with Gasteiger partial charge in [0.15, 0.2) is 5.78 Å². The number of rotatable bonds is 9. The van der Waals surface area contributed by atoms with Crippen LogP contribution in [0.5, 0.6) is 0 Å². The maximum absolute atomic E-state index is 12.5. The van der Waals surface area contributed by atoms with Crippen LogP contribution in [0.1, 0.15) is 32.6 Å². The summed E-state index contributed by atoms with van der Waals surface area (Å²) >= 11 is 0. The lowest BCUT2D eigenvalue weighted by atomic mass is 9.87. The second-order valence-electron chi connectivity index (χ2n) is 3.94. The van der Waals surface area contributed by atoms with Gasteiger partial charge in [-0.15, -0.1) is 0 Å². The van der Waals surface area contributed by atoms with Crippen molar-refractivity contribution >= 4 is 5.78 Å². The summed E-state index contributed by atoms with van der Waals surface area (Å²) in [6, 6.07) is 0. The normalized spacial score (nSPS) is 12.2. The van der Waals surface area contributed by atoms with Crippen molar-refractivity contribution < 1.29 is 18.0 Å². The predicted molar refractivity (Wildman–Crippen MR) is 58.6 cm³/mol. The minimum absolute atomic E-state index is 0.681. The zero-order valence-electron chi connectivity index (χ0n) is 9.65. The first-order valence-corrected chi connectivity index (χ1v) is 5.55. The molecule has 0 saturated carbocycles. The molecule has 0 radical (unpaired) electrons. The van der Waals surface area contributed by atoms with Crippen LogP contribution < -0.4 is 0 Å². The van der Waals surface area contributed by atoms with Gasteiger partial charge in [-0.3, -0.25) is 4.79 Å². The minimum Gasteiger partial charge on any atom is -0.294 e. The molecule has 0 saturated heterocycles. The highest BCUT2D eigenvalue weighted by atomic mass is 19.1. The summed E-state index contributed by atoms with van der Waals surface area (Å²) in [5.41, 5.74) is -2.10. The van der Waals surface area contributed by atoms with Crippen molar-refractivity contribution in [3.05, 3.63) is 12.2 Å². The molecule has 16 heavy (non-hydrogen) atoms. The van der Waals surface area contributed by atoms with Crippen LogP contribution in [0.4, 0.5) is 13.2 Å². The third kappa shape index (κ3) is 4.37. The molecule has 0 bridgehead atoms. The van der Waals surface area contributed by atoms with E-state index in [1.807, 2.05) is 0 Å². The molecular weight excluding hydrogens is 217 g/mol. The van der Waals surface area contributed by atoms with Crippen LogP contribution in [-0.2, 0) is 4.79 Å². The second kappa shape index (κ2) is 8.36. The fourth-order valence-electron chi connectivity index (χ4n) is 1.18. The summed E-state index contributed by atoms with van der Waals surface area (Å²) in [7, 11) is 0. The maximum Gasteiger partial charge on any atom is 0.169 e. The van der Waals surface area contributed by atoms with Gasteiger partial charge >= 0.3 is 0 Å². The number of unbranched alkanes of at least 4 members (excludes halogenated alkanes) is 3. The Morgan fingerprint density at radius 2 is 1.69 bits per heavy atom. The molecule has 0 atom stereocenters. The minimum atomic E-state index is -2.10. The van der Waals surface area contributed by atoms with Crippen molar-refractivity contribution in [3.8, 4) is 0 Å². The van der Waals surface area contributed by atoms with Crippen LogP contribution >= 0.6 is 0 Å². The van der Waals surface area contributed by atoms with Gasteiger partial charge in [0.25, 0.3) is 0 Å². The summed E-state index contributed by atoms with van der Waals surface area (Å²) < 4.78 is 37.4. The van der Waals surface area contributed by atoms with Crippen LogP contribution in [0.2, 0.25) is 0 Å². The molecule has 0 aromatic carbocycles. The lowest BCUT2D eigenvalue weighted by Crippen LogP contribution is -2.36. The van der Waals surface area contributed by atoms with Crippen LogP contribution in [-0.4, -0.2) is 25.8 Å². The monoisotopic (exact) mass is 236 g/mol. The molecule has 0 aliphatic rings. The summed E-state index contributed by atoms with van der Waals surface area (Å²) in [4.78, 5) is 11.4. The van der Waals surface area contributed by atoms with Gasteiger partial charge in [0.05, 0.1) is 0 Å². The Balaban J connectivity index is 4.20. The van der Waals surface area contributed by atoms with Gasteiger partial charge in [-0.1, -0.05) is 25.8 Å². The zero-order valence-corrected chi connectivity index (χ0v) is 9.65. The second-order valence-corrected chi connectivity index (χ2v) is 3.94. The van der Waals surface area contributed by atoms with Crippen molar-refractivity contribution in [1.82, 2.24) is 0 Å². The van der Waals surface area contributed by atoms with Crippen LogP contribution in [0.15, 0.2) is 12.2 Å². The Morgan fingerprint density at radius 1 is 1.12 bits per heavy atom. The Morgan fingerprint density at radius 3 is 2.12 bits per heavy atom. The van der Waals surface area contributed by atoms with Crippen LogP contribution in [0.25, 0.3) is 0 Å². The molecule has 0 aromatic rings. The van der Waals surface area contributed by atoms with E-state index in [1.165, 1.54) is 0 Å². The Labute approximate surface area is 94.7 Å². The molecule has 1 nitrogen and oxygen atoms in total. The first-order valence-electron chi connectivity index (χ1n) is 5.55. The van der Waals surface area contributed by atoms with Gasteiger partial charge in [-0.25, -0.2) is 13.2 Å². The molecule has 0 aromatic heterocycles. The first kappa shape index (κ1) is 15.2. The Bertz CT molecular complexity index is 214. The molecule has 0 spiro atoms. The third-order valence-corrected chi connectivity index (χ3v) is 2.53. The quantitative estimate of drug-likeness (QED) is 0.441. The van der Waals surface area contributed by atoms with Crippen molar-refractivity contribution in [2.75, 3.05) is 20.0 Å². The van der Waals surface area contributed by atoms with Crippen molar-refractivity contribution in [2.24, 2.45) is 5.41 Å². The highest BCUT2D eigenvalue weighted by molar-refractivity contribution is 5.95. The molecule has 0 fully saturated rings. The fourth-order valence-corrected chi connectivity index (χ4v) is 1.18. The number of halogens is 3. The lowest BCUT2D eigenvalue weighted by molar-refractivity contribution is -0.126. The van der Waals surface area contributed by atoms with Gasteiger partial charge in [0.1, 0.15) is 25.4 Å². The van der Waals surface area contributed by atoms with Gasteiger partial charge in [0.2, 0.25) is 0 Å². The average Bonchev–Trinajstić information content (AvgIpc) is 2.32. The van der Waals surface area contributed by atoms with E-state index in [-0.39, 0.29) is 0 Å². The average molecular weight is 236 g/mol. The van der Waals surface area contributed by atoms with Crippen molar-refractivity contribution in [2.45, 2.75) is 32.6 Å². The van der Waals surface area contributed by atoms with E-state index in [2.05, 4.69) is 6.92 Å². The molecule has 0 rings (SSSR count). The van der Waals surface area contributed by atoms with E-state index in [0.717, 1.165) is 25.3 Å². The molecule has 94 valence electrons. The summed E-state index contributed by atoms with van der Waals surface area (Å²) in [5, 5.41) is 0. The number of carbonyl (C=O) groups is 1. The standard InChI is InChI=1S/C12H19F3O/c1-2-3-4-5-6-7-11(16)12(8-13,9-14)10-15/h6-7H,2-5,8-10H2,1H3.